The fraction of sp³-hybridized carbons (Fsp3) is 0.333. The van der Waals surface area contributed by atoms with Crippen LogP contribution in [0.1, 0.15) is 46.1 Å². The van der Waals surface area contributed by atoms with Crippen molar-refractivity contribution in [2.24, 2.45) is 0 Å². The third kappa shape index (κ3) is 4.28. The third-order valence-corrected chi connectivity index (χ3v) is 6.75. The Morgan fingerprint density at radius 2 is 2.00 bits per heavy atom. The highest BCUT2D eigenvalue weighted by Crippen LogP contribution is 2.47. The lowest BCUT2D eigenvalue weighted by Gasteiger charge is -2.30. The van der Waals surface area contributed by atoms with Gasteiger partial charge in [-0.3, -0.25) is 5.32 Å². The topological polar surface area (TPSA) is 65.4 Å². The molecule has 1 aliphatic carbocycles. The average molecular weight is 476 g/mol. The molecule has 2 aromatic heterocycles. The maximum absolute atomic E-state index is 12.0. The Balaban J connectivity index is 1.65. The van der Waals surface area contributed by atoms with Crippen LogP contribution in [-0.4, -0.2) is 28.4 Å². The van der Waals surface area contributed by atoms with Crippen molar-refractivity contribution in [1.82, 2.24) is 9.55 Å². The van der Waals surface area contributed by atoms with Crippen molar-refractivity contribution in [3.8, 4) is 28.3 Å². The number of fused-ring (bicyclic) bond motifs is 1. The van der Waals surface area contributed by atoms with Crippen molar-refractivity contribution in [3.63, 3.8) is 0 Å². The van der Waals surface area contributed by atoms with Crippen LogP contribution in [0.5, 0.6) is 5.75 Å². The molecule has 0 unspecified atom stereocenters. The van der Waals surface area contributed by atoms with Crippen LogP contribution in [0, 0.1) is 0 Å². The fourth-order valence-corrected chi connectivity index (χ4v) is 5.07. The lowest BCUT2D eigenvalue weighted by atomic mass is 9.92. The van der Waals surface area contributed by atoms with Crippen molar-refractivity contribution < 1.29 is 14.3 Å². The molecule has 1 N–H and O–H groups in total. The molecular formula is C27H29N3O3S. The Kier molecular flexibility index (Phi) is 6.28. The second-order valence-corrected chi connectivity index (χ2v) is 9.54. The van der Waals surface area contributed by atoms with Gasteiger partial charge in [0.15, 0.2) is 0 Å². The first-order valence-corrected chi connectivity index (χ1v) is 12.8. The van der Waals surface area contributed by atoms with Gasteiger partial charge in [-0.1, -0.05) is 12.1 Å². The third-order valence-electron chi connectivity index (χ3n) is 6.16. The predicted octanol–water partition coefficient (Wildman–Crippen LogP) is 7.51. The highest BCUT2D eigenvalue weighted by molar-refractivity contribution is 7.07. The van der Waals surface area contributed by atoms with Gasteiger partial charge in [0, 0.05) is 34.1 Å². The molecule has 1 aliphatic rings. The molecule has 0 atom stereocenters. The number of nitrogens with zero attached hydrogens (tertiary/aromatic N) is 2. The van der Waals surface area contributed by atoms with Crippen LogP contribution in [-0.2, 0) is 4.74 Å². The van der Waals surface area contributed by atoms with E-state index in [0.717, 1.165) is 41.1 Å². The number of hydrogen-bond donors (Lipinski definition) is 1. The van der Waals surface area contributed by atoms with Gasteiger partial charge in [0.1, 0.15) is 5.75 Å². The Morgan fingerprint density at radius 3 is 2.62 bits per heavy atom. The molecule has 5 rings (SSSR count). The van der Waals surface area contributed by atoms with Gasteiger partial charge in [-0.05, 0) is 69.9 Å². The minimum absolute atomic E-state index is 0.167. The molecule has 1 saturated carbocycles. The van der Waals surface area contributed by atoms with Crippen molar-refractivity contribution >= 4 is 34.0 Å². The quantitative estimate of drug-likeness (QED) is 0.300. The molecule has 0 spiro atoms. The van der Waals surface area contributed by atoms with E-state index in [9.17, 15) is 4.79 Å². The molecule has 0 saturated heterocycles. The second-order valence-electron chi connectivity index (χ2n) is 8.82. The molecule has 1 amide bonds. The lowest BCUT2D eigenvalue weighted by molar-refractivity contribution is 0.130. The predicted molar refractivity (Wildman–Crippen MR) is 138 cm³/mol. The Labute approximate surface area is 203 Å². The standard InChI is InChI=1S/C27H29N3O3S/c1-4-32-21-12-13-22-24(14-21)30(20-6-5-7-20)26(25(22)23-15-34-16-28-23)18-8-10-19(11-9-18)29-27(31)33-17(2)3/h8-17,20H,4-7H2,1-3H3,(H,29,31). The highest BCUT2D eigenvalue weighted by atomic mass is 32.1. The van der Waals surface area contributed by atoms with Crippen LogP contribution in [0.15, 0.2) is 53.4 Å². The van der Waals surface area contributed by atoms with E-state index in [2.05, 4.69) is 44.5 Å². The van der Waals surface area contributed by atoms with Crippen molar-refractivity contribution in [2.45, 2.75) is 52.2 Å². The summed E-state index contributed by atoms with van der Waals surface area (Å²) in [5.41, 5.74) is 8.14. The minimum atomic E-state index is -0.446. The molecule has 0 radical (unpaired) electrons. The zero-order valence-electron chi connectivity index (χ0n) is 19.7. The molecule has 4 aromatic rings. The number of ether oxygens (including phenoxy) is 2. The van der Waals surface area contributed by atoms with Crippen molar-refractivity contribution in [1.29, 1.82) is 0 Å². The Bertz CT molecular complexity index is 1290. The summed E-state index contributed by atoms with van der Waals surface area (Å²) < 4.78 is 13.5. The minimum Gasteiger partial charge on any atom is -0.494 e. The van der Waals surface area contributed by atoms with E-state index in [-0.39, 0.29) is 6.10 Å². The van der Waals surface area contributed by atoms with E-state index >= 15 is 0 Å². The smallest absolute Gasteiger partial charge is 0.411 e. The summed E-state index contributed by atoms with van der Waals surface area (Å²) in [5, 5.41) is 6.10. The van der Waals surface area contributed by atoms with Gasteiger partial charge in [0.25, 0.3) is 0 Å². The number of thiazole rings is 1. The number of anilines is 1. The van der Waals surface area contributed by atoms with E-state index in [0.29, 0.717) is 18.3 Å². The lowest BCUT2D eigenvalue weighted by Crippen LogP contribution is -2.18. The van der Waals surface area contributed by atoms with E-state index in [1.807, 2.05) is 44.5 Å². The number of aromatic nitrogens is 2. The molecule has 0 bridgehead atoms. The maximum atomic E-state index is 12.0. The van der Waals surface area contributed by atoms with Crippen LogP contribution < -0.4 is 10.1 Å². The van der Waals surface area contributed by atoms with Crippen LogP contribution in [0.25, 0.3) is 33.4 Å². The molecule has 7 heteroatoms. The Hall–Kier alpha value is -3.32. The summed E-state index contributed by atoms with van der Waals surface area (Å²) in [7, 11) is 0. The molecule has 2 heterocycles. The van der Waals surface area contributed by atoms with Crippen LogP contribution in [0.2, 0.25) is 0 Å². The number of nitrogens with one attached hydrogen (secondary N) is 1. The van der Waals surface area contributed by atoms with Gasteiger partial charge in [-0.25, -0.2) is 9.78 Å². The summed E-state index contributed by atoms with van der Waals surface area (Å²) in [6.45, 7) is 6.31. The van der Waals surface area contributed by atoms with Crippen molar-refractivity contribution in [2.75, 3.05) is 11.9 Å². The monoisotopic (exact) mass is 475 g/mol. The molecule has 1 fully saturated rings. The molecule has 34 heavy (non-hydrogen) atoms. The molecule has 2 aromatic carbocycles. The highest BCUT2D eigenvalue weighted by Gasteiger charge is 2.29. The number of carbonyl (C=O) groups excluding carboxylic acids is 1. The van der Waals surface area contributed by atoms with Gasteiger partial charge >= 0.3 is 6.09 Å². The van der Waals surface area contributed by atoms with Gasteiger partial charge < -0.3 is 14.0 Å². The first-order valence-electron chi connectivity index (χ1n) is 11.8. The number of carbonyl (C=O) groups is 1. The zero-order chi connectivity index (χ0) is 23.7. The van der Waals surface area contributed by atoms with E-state index in [1.165, 1.54) is 17.3 Å². The largest absolute Gasteiger partial charge is 0.494 e. The zero-order valence-corrected chi connectivity index (χ0v) is 20.5. The summed E-state index contributed by atoms with van der Waals surface area (Å²) in [5.74, 6) is 0.882. The first-order chi connectivity index (χ1) is 16.5. The van der Waals surface area contributed by atoms with Crippen molar-refractivity contribution in [3.05, 3.63) is 53.4 Å². The summed E-state index contributed by atoms with van der Waals surface area (Å²) >= 11 is 1.60. The summed E-state index contributed by atoms with van der Waals surface area (Å²) in [6, 6.07) is 14.8. The molecular weight excluding hydrogens is 446 g/mol. The number of rotatable bonds is 7. The Morgan fingerprint density at radius 1 is 1.21 bits per heavy atom. The normalized spacial score (nSPS) is 13.8. The number of hydrogen-bond acceptors (Lipinski definition) is 5. The van der Waals surface area contributed by atoms with Crippen LogP contribution in [0.3, 0.4) is 0 Å². The number of benzene rings is 2. The average Bonchev–Trinajstić information content (AvgIpc) is 3.39. The summed E-state index contributed by atoms with van der Waals surface area (Å²) in [4.78, 5) is 16.7. The summed E-state index contributed by atoms with van der Waals surface area (Å²) in [6.07, 6.45) is 2.94. The molecule has 6 nitrogen and oxygen atoms in total. The molecule has 176 valence electrons. The van der Waals surface area contributed by atoms with E-state index in [4.69, 9.17) is 9.47 Å². The van der Waals surface area contributed by atoms with Crippen LogP contribution in [0.4, 0.5) is 10.5 Å². The maximum Gasteiger partial charge on any atom is 0.411 e. The fourth-order valence-electron chi connectivity index (χ4n) is 4.52. The van der Waals surface area contributed by atoms with E-state index in [1.54, 1.807) is 11.3 Å². The first kappa shape index (κ1) is 22.5. The SMILES string of the molecule is CCOc1ccc2c(-c3cscn3)c(-c3ccc(NC(=O)OC(C)C)cc3)n(C3CCC3)c2c1. The van der Waals surface area contributed by atoms with E-state index < -0.39 is 6.09 Å². The van der Waals surface area contributed by atoms with Gasteiger partial charge in [-0.15, -0.1) is 11.3 Å². The molecule has 0 aliphatic heterocycles. The van der Waals surface area contributed by atoms with Crippen LogP contribution >= 0.6 is 11.3 Å². The second kappa shape index (κ2) is 9.50. The van der Waals surface area contributed by atoms with Gasteiger partial charge in [0.2, 0.25) is 0 Å². The number of amides is 1. The van der Waals surface area contributed by atoms with Gasteiger partial charge in [-0.2, -0.15) is 0 Å². The van der Waals surface area contributed by atoms with Gasteiger partial charge in [0.05, 0.1) is 35.1 Å².